The summed E-state index contributed by atoms with van der Waals surface area (Å²) < 4.78 is 2.40. The number of hydrogen-bond donors (Lipinski definition) is 0. The summed E-state index contributed by atoms with van der Waals surface area (Å²) in [5, 5.41) is 3.49. The van der Waals surface area contributed by atoms with Gasteiger partial charge in [-0.25, -0.2) is 15.0 Å². The van der Waals surface area contributed by atoms with Crippen LogP contribution in [0.15, 0.2) is 194 Å². The van der Waals surface area contributed by atoms with Crippen LogP contribution in [0.4, 0.5) is 0 Å². The van der Waals surface area contributed by atoms with E-state index >= 15 is 0 Å². The standard InChI is InChI=1S/C49H32N4/c1-4-14-35(15-5-1)43-32-44(52-49(51-43)38-18-8-3-9-19-38)36-26-24-33(25-27-36)34-28-30-39(31-29-34)53-45-23-13-11-21-41(45)46-47(37-16-6-2-7-17-37)50-42-22-12-10-20-40(42)48(46)53/h1-32H. The second-order valence-electron chi connectivity index (χ2n) is 13.2. The first kappa shape index (κ1) is 30.6. The van der Waals surface area contributed by atoms with Crippen molar-refractivity contribution in [2.24, 2.45) is 0 Å². The van der Waals surface area contributed by atoms with Crippen LogP contribution >= 0.6 is 0 Å². The normalized spacial score (nSPS) is 11.4. The number of hydrogen-bond acceptors (Lipinski definition) is 3. The third-order valence-corrected chi connectivity index (χ3v) is 10.0. The van der Waals surface area contributed by atoms with Crippen molar-refractivity contribution in [2.75, 3.05) is 0 Å². The molecule has 248 valence electrons. The molecular formula is C49H32N4. The molecule has 53 heavy (non-hydrogen) atoms. The molecule has 0 saturated heterocycles. The maximum absolute atomic E-state index is 5.23. The van der Waals surface area contributed by atoms with Crippen LogP contribution in [-0.4, -0.2) is 19.5 Å². The molecule has 0 amide bonds. The molecule has 7 aromatic carbocycles. The Morgan fingerprint density at radius 3 is 1.51 bits per heavy atom. The molecule has 4 nitrogen and oxygen atoms in total. The van der Waals surface area contributed by atoms with Gasteiger partial charge in [0.2, 0.25) is 0 Å². The van der Waals surface area contributed by atoms with Gasteiger partial charge in [-0.05, 0) is 41.5 Å². The molecule has 0 atom stereocenters. The largest absolute Gasteiger partial charge is 0.308 e. The molecule has 0 bridgehead atoms. The van der Waals surface area contributed by atoms with Crippen molar-refractivity contribution >= 4 is 32.7 Å². The minimum atomic E-state index is 0.714. The molecule has 0 fully saturated rings. The smallest absolute Gasteiger partial charge is 0.160 e. The third kappa shape index (κ3) is 5.45. The molecule has 3 aromatic heterocycles. The van der Waals surface area contributed by atoms with Gasteiger partial charge in [-0.3, -0.25) is 0 Å². The molecule has 0 N–H and O–H groups in total. The van der Waals surface area contributed by atoms with Crippen molar-refractivity contribution in [3.05, 3.63) is 194 Å². The number of pyridine rings is 1. The van der Waals surface area contributed by atoms with Gasteiger partial charge < -0.3 is 4.57 Å². The molecule has 3 heterocycles. The van der Waals surface area contributed by atoms with E-state index in [1.807, 2.05) is 36.4 Å². The number of fused-ring (bicyclic) bond motifs is 5. The van der Waals surface area contributed by atoms with E-state index in [1.54, 1.807) is 0 Å². The van der Waals surface area contributed by atoms with Gasteiger partial charge in [0.15, 0.2) is 5.82 Å². The first-order valence-electron chi connectivity index (χ1n) is 17.9. The highest BCUT2D eigenvalue weighted by Gasteiger charge is 2.20. The molecule has 0 unspecified atom stereocenters. The highest BCUT2D eigenvalue weighted by molar-refractivity contribution is 6.22. The highest BCUT2D eigenvalue weighted by Crippen LogP contribution is 2.41. The van der Waals surface area contributed by atoms with E-state index in [-0.39, 0.29) is 0 Å². The van der Waals surface area contributed by atoms with E-state index in [9.17, 15) is 0 Å². The van der Waals surface area contributed by atoms with Crippen LogP contribution in [0.5, 0.6) is 0 Å². The van der Waals surface area contributed by atoms with Gasteiger partial charge >= 0.3 is 0 Å². The molecule has 10 rings (SSSR count). The van der Waals surface area contributed by atoms with Crippen molar-refractivity contribution in [3.63, 3.8) is 0 Å². The average molecular weight is 677 g/mol. The fourth-order valence-corrected chi connectivity index (χ4v) is 7.46. The number of nitrogens with zero attached hydrogens (tertiary/aromatic N) is 4. The van der Waals surface area contributed by atoms with E-state index < -0.39 is 0 Å². The lowest BCUT2D eigenvalue weighted by atomic mass is 10.0. The Bertz CT molecular complexity index is 2840. The van der Waals surface area contributed by atoms with Crippen molar-refractivity contribution < 1.29 is 0 Å². The third-order valence-electron chi connectivity index (χ3n) is 10.0. The summed E-state index contributed by atoms with van der Waals surface area (Å²) in [7, 11) is 0. The quantitative estimate of drug-likeness (QED) is 0.176. The maximum atomic E-state index is 5.23. The Morgan fingerprint density at radius 2 is 0.849 bits per heavy atom. The van der Waals surface area contributed by atoms with Crippen LogP contribution in [0.3, 0.4) is 0 Å². The summed E-state index contributed by atoms with van der Waals surface area (Å²) >= 11 is 0. The minimum absolute atomic E-state index is 0.714. The van der Waals surface area contributed by atoms with Crippen molar-refractivity contribution in [1.82, 2.24) is 19.5 Å². The molecular weight excluding hydrogens is 645 g/mol. The Morgan fingerprint density at radius 1 is 0.358 bits per heavy atom. The summed E-state index contributed by atoms with van der Waals surface area (Å²) in [6.07, 6.45) is 0. The molecule has 0 saturated carbocycles. The fourth-order valence-electron chi connectivity index (χ4n) is 7.46. The Labute approximate surface area is 307 Å². The summed E-state index contributed by atoms with van der Waals surface area (Å²) in [5.74, 6) is 0.714. The zero-order valence-corrected chi connectivity index (χ0v) is 28.8. The predicted molar refractivity (Wildman–Crippen MR) is 219 cm³/mol. The minimum Gasteiger partial charge on any atom is -0.308 e. The van der Waals surface area contributed by atoms with Crippen LogP contribution < -0.4 is 0 Å². The van der Waals surface area contributed by atoms with E-state index in [2.05, 4.69) is 162 Å². The summed E-state index contributed by atoms with van der Waals surface area (Å²) in [6, 6.07) is 67.8. The van der Waals surface area contributed by atoms with Gasteiger partial charge in [-0.1, -0.05) is 164 Å². The average Bonchev–Trinajstić information content (AvgIpc) is 3.60. The van der Waals surface area contributed by atoms with E-state index in [4.69, 9.17) is 15.0 Å². The van der Waals surface area contributed by atoms with Crippen molar-refractivity contribution in [3.8, 4) is 62.0 Å². The highest BCUT2D eigenvalue weighted by atomic mass is 15.0. The zero-order valence-electron chi connectivity index (χ0n) is 28.8. The van der Waals surface area contributed by atoms with E-state index in [0.717, 1.165) is 72.6 Å². The lowest BCUT2D eigenvalue weighted by Crippen LogP contribution is -1.96. The van der Waals surface area contributed by atoms with Gasteiger partial charge in [0.1, 0.15) is 0 Å². The number of benzene rings is 7. The van der Waals surface area contributed by atoms with E-state index in [0.29, 0.717) is 5.82 Å². The van der Waals surface area contributed by atoms with Crippen LogP contribution in [0.25, 0.3) is 94.7 Å². The molecule has 10 aromatic rings. The topological polar surface area (TPSA) is 43.6 Å². The summed E-state index contributed by atoms with van der Waals surface area (Å²) in [6.45, 7) is 0. The molecule has 0 radical (unpaired) electrons. The lowest BCUT2D eigenvalue weighted by Gasteiger charge is -2.13. The number of rotatable bonds is 6. The first-order valence-corrected chi connectivity index (χ1v) is 17.9. The van der Waals surface area contributed by atoms with E-state index in [1.165, 1.54) is 16.3 Å². The Hall–Kier alpha value is -7.17. The Kier molecular flexibility index (Phi) is 7.43. The number of aromatic nitrogens is 4. The molecule has 0 aliphatic carbocycles. The van der Waals surface area contributed by atoms with Crippen LogP contribution in [0.2, 0.25) is 0 Å². The van der Waals surface area contributed by atoms with Crippen LogP contribution in [0.1, 0.15) is 0 Å². The van der Waals surface area contributed by atoms with Crippen LogP contribution in [-0.2, 0) is 0 Å². The number of para-hydroxylation sites is 2. The van der Waals surface area contributed by atoms with Crippen molar-refractivity contribution in [2.45, 2.75) is 0 Å². The maximum Gasteiger partial charge on any atom is 0.160 e. The van der Waals surface area contributed by atoms with Crippen molar-refractivity contribution in [1.29, 1.82) is 0 Å². The van der Waals surface area contributed by atoms with Gasteiger partial charge in [0.25, 0.3) is 0 Å². The molecule has 0 spiro atoms. The molecule has 0 aliphatic rings. The Balaban J connectivity index is 1.06. The van der Waals surface area contributed by atoms with Crippen LogP contribution in [0, 0.1) is 0 Å². The second kappa shape index (κ2) is 12.9. The fraction of sp³-hybridized carbons (Fsp3) is 0. The molecule has 0 aliphatic heterocycles. The monoisotopic (exact) mass is 676 g/mol. The SMILES string of the molecule is c1ccc(-c2cc(-c3ccc(-c4ccc(-n5c6ccccc6c6c(-c7ccccc7)nc7ccccc7c65)cc4)cc3)nc(-c3ccccc3)n2)cc1. The molecule has 4 heteroatoms. The van der Waals surface area contributed by atoms with Gasteiger partial charge in [0, 0.05) is 44.1 Å². The summed E-state index contributed by atoms with van der Waals surface area (Å²) in [4.78, 5) is 15.2. The zero-order chi connectivity index (χ0) is 35.1. The predicted octanol–water partition coefficient (Wildman–Crippen LogP) is 12.5. The van der Waals surface area contributed by atoms with Gasteiger partial charge in [0.05, 0.1) is 33.6 Å². The van der Waals surface area contributed by atoms with Gasteiger partial charge in [-0.15, -0.1) is 0 Å². The van der Waals surface area contributed by atoms with Gasteiger partial charge in [-0.2, -0.15) is 0 Å². The second-order valence-corrected chi connectivity index (χ2v) is 13.2. The first-order chi connectivity index (χ1) is 26.3. The summed E-state index contributed by atoms with van der Waals surface area (Å²) in [5.41, 5.74) is 13.7. The lowest BCUT2D eigenvalue weighted by molar-refractivity contribution is 1.18.